The van der Waals surface area contributed by atoms with Crippen LogP contribution in [-0.4, -0.2) is 24.1 Å². The van der Waals surface area contributed by atoms with E-state index in [4.69, 9.17) is 4.74 Å². The molecule has 2 aromatic rings. The Labute approximate surface area is 115 Å². The summed E-state index contributed by atoms with van der Waals surface area (Å²) in [5.41, 5.74) is 2.16. The summed E-state index contributed by atoms with van der Waals surface area (Å²) >= 11 is 3.43. The van der Waals surface area contributed by atoms with Crippen molar-refractivity contribution in [2.24, 2.45) is 0 Å². The maximum Gasteiger partial charge on any atom is 0.316 e. The third-order valence-electron chi connectivity index (χ3n) is 2.66. The quantitative estimate of drug-likeness (QED) is 0.943. The van der Waals surface area contributed by atoms with Gasteiger partial charge in [0, 0.05) is 22.4 Å². The molecule has 1 aromatic carbocycles. The second kappa shape index (κ2) is 5.93. The van der Waals surface area contributed by atoms with E-state index in [1.807, 2.05) is 19.2 Å². The molecule has 0 saturated carbocycles. The topological polar surface area (TPSA) is 47.0 Å². The molecule has 0 aliphatic rings. The van der Waals surface area contributed by atoms with E-state index in [-0.39, 0.29) is 6.04 Å². The molecular weight excluding hydrogens is 294 g/mol. The van der Waals surface area contributed by atoms with Crippen molar-refractivity contribution in [3.05, 3.63) is 52.3 Å². The third-order valence-corrected chi connectivity index (χ3v) is 3.18. The Morgan fingerprint density at radius 3 is 2.22 bits per heavy atom. The number of methoxy groups -OCH3 is 1. The number of hydrogen-bond acceptors (Lipinski definition) is 4. The molecule has 4 nitrogen and oxygen atoms in total. The summed E-state index contributed by atoms with van der Waals surface area (Å²) in [6, 6.07) is 8.62. The number of ether oxygens (including phenoxy) is 1. The van der Waals surface area contributed by atoms with Gasteiger partial charge in [-0.2, -0.15) is 0 Å². The molecule has 0 aliphatic heterocycles. The van der Waals surface area contributed by atoms with Crippen LogP contribution in [0.25, 0.3) is 0 Å². The molecular formula is C13H14BrN3O. The number of aromatic nitrogens is 2. The van der Waals surface area contributed by atoms with Gasteiger partial charge in [0.1, 0.15) is 0 Å². The molecule has 18 heavy (non-hydrogen) atoms. The molecule has 0 radical (unpaired) electrons. The largest absolute Gasteiger partial charge is 0.467 e. The van der Waals surface area contributed by atoms with Crippen LogP contribution in [-0.2, 0) is 0 Å². The zero-order valence-electron chi connectivity index (χ0n) is 10.2. The molecule has 1 atom stereocenters. The van der Waals surface area contributed by atoms with Gasteiger partial charge in [-0.15, -0.1) is 0 Å². The Morgan fingerprint density at radius 2 is 1.72 bits per heavy atom. The molecule has 94 valence electrons. The van der Waals surface area contributed by atoms with Crippen LogP contribution in [0.5, 0.6) is 6.01 Å². The average molecular weight is 308 g/mol. The standard InChI is InChI=1S/C13H14BrN3O/c1-15-12(9-3-5-11(14)6-4-9)10-7-16-13(18-2)17-8-10/h3-8,12,15H,1-2H3. The molecule has 0 amide bonds. The van der Waals surface area contributed by atoms with Crippen LogP contribution >= 0.6 is 15.9 Å². The second-order valence-electron chi connectivity index (χ2n) is 3.78. The first kappa shape index (κ1) is 13.0. The Morgan fingerprint density at radius 1 is 1.11 bits per heavy atom. The molecule has 1 unspecified atom stereocenters. The van der Waals surface area contributed by atoms with Crippen LogP contribution in [0, 0.1) is 0 Å². The highest BCUT2D eigenvalue weighted by atomic mass is 79.9. The van der Waals surface area contributed by atoms with E-state index in [9.17, 15) is 0 Å². The smallest absolute Gasteiger partial charge is 0.316 e. The normalized spacial score (nSPS) is 12.2. The molecule has 0 aliphatic carbocycles. The summed E-state index contributed by atoms with van der Waals surface area (Å²) in [6.45, 7) is 0. The van der Waals surface area contributed by atoms with E-state index in [1.54, 1.807) is 19.5 Å². The number of halogens is 1. The van der Waals surface area contributed by atoms with Crippen molar-refractivity contribution >= 4 is 15.9 Å². The van der Waals surface area contributed by atoms with E-state index in [0.717, 1.165) is 15.6 Å². The highest BCUT2D eigenvalue weighted by molar-refractivity contribution is 9.10. The third kappa shape index (κ3) is 2.86. The summed E-state index contributed by atoms with van der Waals surface area (Å²) in [4.78, 5) is 8.25. The SMILES string of the molecule is CNC(c1ccc(Br)cc1)c1cnc(OC)nc1. The van der Waals surface area contributed by atoms with Crippen LogP contribution in [0.4, 0.5) is 0 Å². The van der Waals surface area contributed by atoms with Gasteiger partial charge >= 0.3 is 6.01 Å². The molecule has 0 fully saturated rings. The summed E-state index contributed by atoms with van der Waals surface area (Å²) < 4.78 is 6.02. The number of nitrogens with one attached hydrogen (secondary N) is 1. The van der Waals surface area contributed by atoms with Crippen LogP contribution < -0.4 is 10.1 Å². The highest BCUT2D eigenvalue weighted by Crippen LogP contribution is 2.22. The average Bonchev–Trinajstić information content (AvgIpc) is 2.42. The van der Waals surface area contributed by atoms with E-state index < -0.39 is 0 Å². The van der Waals surface area contributed by atoms with Crippen LogP contribution in [0.15, 0.2) is 41.1 Å². The number of rotatable bonds is 4. The van der Waals surface area contributed by atoms with Gasteiger partial charge in [0.15, 0.2) is 0 Å². The summed E-state index contributed by atoms with van der Waals surface area (Å²) in [5, 5.41) is 3.26. The first-order chi connectivity index (χ1) is 8.74. The molecule has 2 rings (SSSR count). The second-order valence-corrected chi connectivity index (χ2v) is 4.69. The van der Waals surface area contributed by atoms with Gasteiger partial charge in [-0.05, 0) is 24.7 Å². The minimum atomic E-state index is 0.0732. The van der Waals surface area contributed by atoms with Crippen molar-refractivity contribution in [2.45, 2.75) is 6.04 Å². The lowest BCUT2D eigenvalue weighted by Gasteiger charge is -2.16. The zero-order chi connectivity index (χ0) is 13.0. The molecule has 0 saturated heterocycles. The lowest BCUT2D eigenvalue weighted by molar-refractivity contribution is 0.379. The minimum absolute atomic E-state index is 0.0732. The Bertz CT molecular complexity index is 499. The maximum atomic E-state index is 4.96. The molecule has 0 bridgehead atoms. The van der Waals surface area contributed by atoms with Gasteiger partial charge in [0.2, 0.25) is 0 Å². The fourth-order valence-corrected chi connectivity index (χ4v) is 2.03. The number of nitrogens with zero attached hydrogens (tertiary/aromatic N) is 2. The van der Waals surface area contributed by atoms with Crippen molar-refractivity contribution in [3.63, 3.8) is 0 Å². The Kier molecular flexibility index (Phi) is 4.28. The minimum Gasteiger partial charge on any atom is -0.467 e. The predicted octanol–water partition coefficient (Wildman–Crippen LogP) is 2.56. The zero-order valence-corrected chi connectivity index (χ0v) is 11.8. The fraction of sp³-hybridized carbons (Fsp3) is 0.231. The first-order valence-corrected chi connectivity index (χ1v) is 6.32. The molecule has 1 N–H and O–H groups in total. The summed E-state index contributed by atoms with van der Waals surface area (Å²) in [7, 11) is 3.47. The van der Waals surface area contributed by atoms with Gasteiger partial charge < -0.3 is 10.1 Å². The summed E-state index contributed by atoms with van der Waals surface area (Å²) in [5.74, 6) is 0. The maximum absolute atomic E-state index is 4.96. The highest BCUT2D eigenvalue weighted by Gasteiger charge is 2.12. The fourth-order valence-electron chi connectivity index (χ4n) is 1.76. The van der Waals surface area contributed by atoms with Gasteiger partial charge in [0.25, 0.3) is 0 Å². The van der Waals surface area contributed by atoms with Crippen LogP contribution in [0.2, 0.25) is 0 Å². The summed E-state index contributed by atoms with van der Waals surface area (Å²) in [6.07, 6.45) is 3.55. The van der Waals surface area contributed by atoms with E-state index in [0.29, 0.717) is 6.01 Å². The predicted molar refractivity (Wildman–Crippen MR) is 73.6 cm³/mol. The molecule has 0 spiro atoms. The van der Waals surface area contributed by atoms with Crippen molar-refractivity contribution in [1.82, 2.24) is 15.3 Å². The van der Waals surface area contributed by atoms with Crippen molar-refractivity contribution < 1.29 is 4.74 Å². The van der Waals surface area contributed by atoms with E-state index in [2.05, 4.69) is 43.3 Å². The molecule has 1 aromatic heterocycles. The van der Waals surface area contributed by atoms with Crippen molar-refractivity contribution in [2.75, 3.05) is 14.2 Å². The monoisotopic (exact) mass is 307 g/mol. The van der Waals surface area contributed by atoms with E-state index >= 15 is 0 Å². The van der Waals surface area contributed by atoms with Crippen LogP contribution in [0.1, 0.15) is 17.2 Å². The molecule has 5 heteroatoms. The van der Waals surface area contributed by atoms with Crippen LogP contribution in [0.3, 0.4) is 0 Å². The lowest BCUT2D eigenvalue weighted by atomic mass is 10.0. The van der Waals surface area contributed by atoms with Gasteiger partial charge in [-0.25, -0.2) is 9.97 Å². The van der Waals surface area contributed by atoms with E-state index in [1.165, 1.54) is 0 Å². The van der Waals surface area contributed by atoms with Crippen molar-refractivity contribution in [1.29, 1.82) is 0 Å². The van der Waals surface area contributed by atoms with Gasteiger partial charge in [-0.3, -0.25) is 0 Å². The Hall–Kier alpha value is -1.46. The first-order valence-electron chi connectivity index (χ1n) is 5.53. The molecule has 1 heterocycles. The van der Waals surface area contributed by atoms with Crippen molar-refractivity contribution in [3.8, 4) is 6.01 Å². The number of benzene rings is 1. The van der Waals surface area contributed by atoms with Gasteiger partial charge in [-0.1, -0.05) is 28.1 Å². The number of hydrogen-bond donors (Lipinski definition) is 1. The lowest BCUT2D eigenvalue weighted by Crippen LogP contribution is -2.18. The van der Waals surface area contributed by atoms with Gasteiger partial charge in [0.05, 0.1) is 13.2 Å². The Balaban J connectivity index is 2.29.